The van der Waals surface area contributed by atoms with Gasteiger partial charge in [-0.25, -0.2) is 0 Å². The topological polar surface area (TPSA) is 79.2 Å². The summed E-state index contributed by atoms with van der Waals surface area (Å²) in [6.07, 6.45) is 5.28. The van der Waals surface area contributed by atoms with Crippen molar-refractivity contribution in [2.24, 2.45) is 40.4 Å². The standard InChI is InChI=1S/C23H38O5/c1-21-7-6-14(24)10-13(21)11-17(25)20-15-4-5-18(23(3)27-8-9-28-23)22(15,2)19(26)12-16(20)21/h13-20,24-26H,4-12H2,1-3H3/t13?,14-,15+,16+,17?,18+,19+,20?,21+,22+/m1/s1. The lowest BCUT2D eigenvalue weighted by molar-refractivity contribution is -0.251. The van der Waals surface area contributed by atoms with Crippen LogP contribution in [-0.4, -0.2) is 52.6 Å². The molecule has 28 heavy (non-hydrogen) atoms. The molecule has 5 fully saturated rings. The highest BCUT2D eigenvalue weighted by atomic mass is 16.7. The first-order valence-corrected chi connectivity index (χ1v) is 11.5. The van der Waals surface area contributed by atoms with Gasteiger partial charge in [-0.2, -0.15) is 0 Å². The Labute approximate surface area is 168 Å². The number of hydrogen-bond donors (Lipinski definition) is 3. The van der Waals surface area contributed by atoms with E-state index in [0.29, 0.717) is 31.0 Å². The van der Waals surface area contributed by atoms with Gasteiger partial charge in [0.25, 0.3) is 0 Å². The van der Waals surface area contributed by atoms with Crippen molar-refractivity contribution in [3.8, 4) is 0 Å². The van der Waals surface area contributed by atoms with Gasteiger partial charge in [-0.05, 0) is 81.0 Å². The zero-order chi connectivity index (χ0) is 19.9. The van der Waals surface area contributed by atoms with Crippen molar-refractivity contribution in [3.63, 3.8) is 0 Å². The molecule has 0 aromatic carbocycles. The highest BCUT2D eigenvalue weighted by Crippen LogP contribution is 2.69. The molecule has 5 heteroatoms. The third-order valence-electron chi connectivity index (χ3n) is 10.3. The van der Waals surface area contributed by atoms with Gasteiger partial charge in [-0.3, -0.25) is 0 Å². The lowest BCUT2D eigenvalue weighted by Gasteiger charge is -2.63. The van der Waals surface area contributed by atoms with Crippen molar-refractivity contribution in [1.29, 1.82) is 0 Å². The van der Waals surface area contributed by atoms with E-state index in [1.165, 1.54) is 0 Å². The molecule has 1 heterocycles. The van der Waals surface area contributed by atoms with Crippen LogP contribution in [0.5, 0.6) is 0 Å². The van der Waals surface area contributed by atoms with Crippen LogP contribution >= 0.6 is 0 Å². The van der Waals surface area contributed by atoms with Crippen LogP contribution in [-0.2, 0) is 9.47 Å². The predicted octanol–water partition coefficient (Wildman–Crippen LogP) is 2.71. The van der Waals surface area contributed by atoms with Crippen LogP contribution < -0.4 is 0 Å². The van der Waals surface area contributed by atoms with Gasteiger partial charge in [0.2, 0.25) is 0 Å². The average molecular weight is 395 g/mol. The summed E-state index contributed by atoms with van der Waals surface area (Å²) in [6.45, 7) is 7.91. The predicted molar refractivity (Wildman–Crippen MR) is 104 cm³/mol. The van der Waals surface area contributed by atoms with Crippen molar-refractivity contribution in [2.75, 3.05) is 13.2 Å². The second-order valence-electron chi connectivity index (χ2n) is 11.2. The van der Waals surface area contributed by atoms with Crippen LogP contribution in [0, 0.1) is 40.4 Å². The fourth-order valence-electron chi connectivity index (χ4n) is 8.75. The zero-order valence-electron chi connectivity index (χ0n) is 17.6. The Bertz CT molecular complexity index is 618. The largest absolute Gasteiger partial charge is 0.393 e. The summed E-state index contributed by atoms with van der Waals surface area (Å²) in [5.41, 5.74) is -0.160. The maximum atomic E-state index is 11.5. The number of ether oxygens (including phenoxy) is 2. The molecular formula is C23H38O5. The summed E-state index contributed by atoms with van der Waals surface area (Å²) in [7, 11) is 0. The maximum absolute atomic E-state index is 11.5. The number of rotatable bonds is 1. The zero-order valence-corrected chi connectivity index (χ0v) is 17.6. The summed E-state index contributed by atoms with van der Waals surface area (Å²) in [4.78, 5) is 0. The number of aliphatic hydroxyl groups is 3. The third-order valence-corrected chi connectivity index (χ3v) is 10.3. The summed E-state index contributed by atoms with van der Waals surface area (Å²) in [5, 5.41) is 33.0. The monoisotopic (exact) mass is 394 g/mol. The van der Waals surface area contributed by atoms with Crippen LogP contribution in [0.3, 0.4) is 0 Å². The molecular weight excluding hydrogens is 356 g/mol. The van der Waals surface area contributed by atoms with E-state index in [1.807, 2.05) is 6.92 Å². The van der Waals surface area contributed by atoms with Crippen LogP contribution in [0.4, 0.5) is 0 Å². The smallest absolute Gasteiger partial charge is 0.169 e. The summed E-state index contributed by atoms with van der Waals surface area (Å²) < 4.78 is 12.1. The van der Waals surface area contributed by atoms with Crippen molar-refractivity contribution < 1.29 is 24.8 Å². The number of aliphatic hydroxyl groups excluding tert-OH is 3. The van der Waals surface area contributed by atoms with Crippen molar-refractivity contribution in [1.82, 2.24) is 0 Å². The normalized spacial score (nSPS) is 58.1. The van der Waals surface area contributed by atoms with Gasteiger partial charge in [0.1, 0.15) is 0 Å². The Morgan fingerprint density at radius 2 is 1.54 bits per heavy atom. The molecule has 3 N–H and O–H groups in total. The number of fused-ring (bicyclic) bond motifs is 5. The molecule has 1 aliphatic heterocycles. The fraction of sp³-hybridized carbons (Fsp3) is 1.00. The summed E-state index contributed by atoms with van der Waals surface area (Å²) >= 11 is 0. The third kappa shape index (κ3) is 2.49. The molecule has 0 aromatic rings. The van der Waals surface area contributed by atoms with Crippen molar-refractivity contribution in [3.05, 3.63) is 0 Å². The van der Waals surface area contributed by atoms with Gasteiger partial charge in [-0.15, -0.1) is 0 Å². The molecule has 5 aliphatic rings. The first-order valence-electron chi connectivity index (χ1n) is 11.5. The lowest BCUT2D eigenvalue weighted by atomic mass is 9.43. The van der Waals surface area contributed by atoms with Gasteiger partial charge in [0.15, 0.2) is 5.79 Å². The van der Waals surface area contributed by atoms with E-state index in [4.69, 9.17) is 9.47 Å². The second-order valence-corrected chi connectivity index (χ2v) is 11.2. The minimum Gasteiger partial charge on any atom is -0.393 e. The summed E-state index contributed by atoms with van der Waals surface area (Å²) in [5.74, 6) is 0.780. The minimum atomic E-state index is -0.613. The van der Waals surface area contributed by atoms with Crippen molar-refractivity contribution in [2.45, 2.75) is 89.8 Å². The van der Waals surface area contributed by atoms with E-state index in [1.54, 1.807) is 0 Å². The Kier molecular flexibility index (Phi) is 4.51. The van der Waals surface area contributed by atoms with E-state index in [0.717, 1.165) is 44.9 Å². The van der Waals surface area contributed by atoms with E-state index in [9.17, 15) is 15.3 Å². The van der Waals surface area contributed by atoms with Gasteiger partial charge in [0.05, 0.1) is 31.5 Å². The Balaban J connectivity index is 1.49. The molecule has 4 aliphatic carbocycles. The van der Waals surface area contributed by atoms with E-state index >= 15 is 0 Å². The fourth-order valence-corrected chi connectivity index (χ4v) is 8.75. The molecule has 0 aromatic heterocycles. The van der Waals surface area contributed by atoms with Gasteiger partial charge >= 0.3 is 0 Å². The Hall–Kier alpha value is -0.200. The molecule has 0 radical (unpaired) electrons. The molecule has 5 rings (SSSR count). The van der Waals surface area contributed by atoms with Crippen LogP contribution in [0.25, 0.3) is 0 Å². The Morgan fingerprint density at radius 1 is 0.821 bits per heavy atom. The van der Waals surface area contributed by atoms with Gasteiger partial charge in [0, 0.05) is 11.3 Å². The van der Waals surface area contributed by atoms with Gasteiger partial charge in [-0.1, -0.05) is 13.8 Å². The first kappa shape index (κ1) is 19.7. The van der Waals surface area contributed by atoms with Gasteiger partial charge < -0.3 is 24.8 Å². The maximum Gasteiger partial charge on any atom is 0.169 e. The second kappa shape index (κ2) is 6.40. The number of hydrogen-bond acceptors (Lipinski definition) is 5. The summed E-state index contributed by atoms with van der Waals surface area (Å²) in [6, 6.07) is 0. The quantitative estimate of drug-likeness (QED) is 0.637. The molecule has 10 atom stereocenters. The van der Waals surface area contributed by atoms with E-state index in [2.05, 4.69) is 13.8 Å². The van der Waals surface area contributed by atoms with Crippen LogP contribution in [0.1, 0.15) is 65.7 Å². The molecule has 160 valence electrons. The molecule has 0 spiro atoms. The molecule has 3 unspecified atom stereocenters. The van der Waals surface area contributed by atoms with E-state index in [-0.39, 0.29) is 34.9 Å². The van der Waals surface area contributed by atoms with E-state index < -0.39 is 11.9 Å². The molecule has 0 amide bonds. The van der Waals surface area contributed by atoms with Crippen LogP contribution in [0.2, 0.25) is 0 Å². The molecule has 4 saturated carbocycles. The van der Waals surface area contributed by atoms with Crippen LogP contribution in [0.15, 0.2) is 0 Å². The molecule has 1 saturated heterocycles. The molecule has 5 nitrogen and oxygen atoms in total. The molecule has 0 bridgehead atoms. The highest BCUT2D eigenvalue weighted by Gasteiger charge is 2.68. The highest BCUT2D eigenvalue weighted by molar-refractivity contribution is 5.15. The average Bonchev–Trinajstić information content (AvgIpc) is 3.23. The Morgan fingerprint density at radius 3 is 2.25 bits per heavy atom. The lowest BCUT2D eigenvalue weighted by Crippen LogP contribution is -2.63. The SMILES string of the molecule is CC1([C@H]2CC[C@H]3C4C(O)CC5C[C@H](O)CC[C@]5(C)[C@H]4C[C@H](O)[C@]23C)OCCO1. The minimum absolute atomic E-state index is 0.119. The van der Waals surface area contributed by atoms with Crippen molar-refractivity contribution >= 4 is 0 Å². The first-order chi connectivity index (χ1) is 13.2.